The van der Waals surface area contributed by atoms with E-state index < -0.39 is 0 Å². The van der Waals surface area contributed by atoms with Gasteiger partial charge in [0.1, 0.15) is 0 Å². The average Bonchev–Trinajstić information content (AvgIpc) is 1.97. The molecule has 1 aliphatic carbocycles. The third-order valence-corrected chi connectivity index (χ3v) is 1.90. The van der Waals surface area contributed by atoms with Crippen molar-refractivity contribution < 1.29 is 9.90 Å². The highest BCUT2D eigenvalue weighted by atomic mass is 16.3. The van der Waals surface area contributed by atoms with Crippen molar-refractivity contribution in [2.45, 2.75) is 33.1 Å². The van der Waals surface area contributed by atoms with Gasteiger partial charge in [-0.15, -0.1) is 0 Å². The summed E-state index contributed by atoms with van der Waals surface area (Å²) in [6.45, 7) is 4.30. The molecule has 1 atom stereocenters. The fraction of sp³-hybridized carbons (Fsp3) is 0.667. The first kappa shape index (κ1) is 10.2. The van der Waals surface area contributed by atoms with Gasteiger partial charge in [0.25, 0.3) is 6.47 Å². The Bertz CT molecular complexity index is 138. The molecule has 0 aromatic rings. The highest BCUT2D eigenvalue weighted by Crippen LogP contribution is 2.21. The van der Waals surface area contributed by atoms with Gasteiger partial charge in [0.15, 0.2) is 0 Å². The van der Waals surface area contributed by atoms with E-state index in [1.807, 2.05) is 0 Å². The number of carbonyl (C=O) groups is 1. The third kappa shape index (κ3) is 5.64. The van der Waals surface area contributed by atoms with Crippen molar-refractivity contribution in [3.8, 4) is 0 Å². The highest BCUT2D eigenvalue weighted by molar-refractivity contribution is 5.32. The summed E-state index contributed by atoms with van der Waals surface area (Å²) >= 11 is 0. The summed E-state index contributed by atoms with van der Waals surface area (Å²) in [5, 5.41) is 6.89. The molecule has 2 heteroatoms. The standard InChI is InChI=1S/C8H14.CH2O2/c1-7-3-5-8(2)6-4-7;2-1-3/h3,8H,4-6H2,1-2H3;1H,(H,2,3)/t8-;/m0./s1. The van der Waals surface area contributed by atoms with Crippen LogP contribution in [0.4, 0.5) is 0 Å². The summed E-state index contributed by atoms with van der Waals surface area (Å²) in [5.41, 5.74) is 1.59. The molecule has 0 saturated carbocycles. The monoisotopic (exact) mass is 156 g/mol. The Labute approximate surface area is 67.9 Å². The van der Waals surface area contributed by atoms with Gasteiger partial charge in [0.05, 0.1) is 0 Å². The Morgan fingerprint density at radius 2 is 2.27 bits per heavy atom. The van der Waals surface area contributed by atoms with Crippen molar-refractivity contribution in [2.75, 3.05) is 0 Å². The van der Waals surface area contributed by atoms with Crippen molar-refractivity contribution in [3.05, 3.63) is 11.6 Å². The molecule has 0 spiro atoms. The Hall–Kier alpha value is -0.790. The van der Waals surface area contributed by atoms with Gasteiger partial charge in [-0.25, -0.2) is 0 Å². The van der Waals surface area contributed by atoms with E-state index in [4.69, 9.17) is 9.90 Å². The molecule has 0 aliphatic heterocycles. The van der Waals surface area contributed by atoms with Crippen molar-refractivity contribution in [1.82, 2.24) is 0 Å². The molecule has 11 heavy (non-hydrogen) atoms. The van der Waals surface area contributed by atoms with Crippen molar-refractivity contribution >= 4 is 6.47 Å². The van der Waals surface area contributed by atoms with E-state index in [2.05, 4.69) is 19.9 Å². The first-order valence-electron chi connectivity index (χ1n) is 3.94. The van der Waals surface area contributed by atoms with E-state index in [1.165, 1.54) is 19.3 Å². The van der Waals surface area contributed by atoms with E-state index in [-0.39, 0.29) is 6.47 Å². The van der Waals surface area contributed by atoms with Crippen LogP contribution in [0, 0.1) is 5.92 Å². The van der Waals surface area contributed by atoms with Crippen molar-refractivity contribution in [2.24, 2.45) is 5.92 Å². The first-order chi connectivity index (χ1) is 5.20. The van der Waals surface area contributed by atoms with E-state index in [9.17, 15) is 0 Å². The number of allylic oxidation sites excluding steroid dienone is 2. The van der Waals surface area contributed by atoms with Gasteiger partial charge in [-0.2, -0.15) is 0 Å². The van der Waals surface area contributed by atoms with Crippen LogP contribution >= 0.6 is 0 Å². The molecular weight excluding hydrogens is 140 g/mol. The third-order valence-electron chi connectivity index (χ3n) is 1.90. The fourth-order valence-corrected chi connectivity index (χ4v) is 1.10. The summed E-state index contributed by atoms with van der Waals surface area (Å²) in [4.78, 5) is 8.36. The lowest BCUT2D eigenvalue weighted by Crippen LogP contribution is -1.98. The molecule has 0 fully saturated rings. The van der Waals surface area contributed by atoms with Gasteiger partial charge in [-0.3, -0.25) is 4.79 Å². The summed E-state index contributed by atoms with van der Waals surface area (Å²) < 4.78 is 0. The highest BCUT2D eigenvalue weighted by Gasteiger charge is 2.05. The predicted molar refractivity (Wildman–Crippen MR) is 45.5 cm³/mol. The van der Waals surface area contributed by atoms with Gasteiger partial charge in [0.2, 0.25) is 0 Å². The second-order valence-corrected chi connectivity index (χ2v) is 3.04. The smallest absolute Gasteiger partial charge is 0.290 e. The molecule has 0 amide bonds. The topological polar surface area (TPSA) is 37.3 Å². The van der Waals surface area contributed by atoms with Gasteiger partial charge < -0.3 is 5.11 Å². The Kier molecular flexibility index (Phi) is 5.53. The van der Waals surface area contributed by atoms with Crippen LogP contribution in [0.5, 0.6) is 0 Å². The maximum absolute atomic E-state index is 8.36. The zero-order chi connectivity index (χ0) is 8.69. The summed E-state index contributed by atoms with van der Waals surface area (Å²) in [5.74, 6) is 0.943. The zero-order valence-electron chi connectivity index (χ0n) is 7.21. The van der Waals surface area contributed by atoms with Crippen LogP contribution in [0.25, 0.3) is 0 Å². The normalized spacial score (nSPS) is 22.7. The van der Waals surface area contributed by atoms with Crippen LogP contribution in [0.3, 0.4) is 0 Å². The summed E-state index contributed by atoms with van der Waals surface area (Å²) in [7, 11) is 0. The lowest BCUT2D eigenvalue weighted by atomic mass is 9.92. The number of rotatable bonds is 0. The van der Waals surface area contributed by atoms with Crippen molar-refractivity contribution in [1.29, 1.82) is 0 Å². The second-order valence-electron chi connectivity index (χ2n) is 3.04. The molecule has 0 saturated heterocycles. The molecule has 1 aliphatic rings. The molecule has 64 valence electrons. The van der Waals surface area contributed by atoms with Crippen LogP contribution in [-0.4, -0.2) is 11.6 Å². The number of hydrogen-bond donors (Lipinski definition) is 1. The maximum atomic E-state index is 8.36. The largest absolute Gasteiger partial charge is 0.483 e. The number of carboxylic acid groups (broad SMARTS) is 1. The minimum absolute atomic E-state index is 0.250. The van der Waals surface area contributed by atoms with Crippen LogP contribution in [0.1, 0.15) is 33.1 Å². The molecule has 0 heterocycles. The van der Waals surface area contributed by atoms with Gasteiger partial charge in [-0.1, -0.05) is 18.6 Å². The van der Waals surface area contributed by atoms with Gasteiger partial charge >= 0.3 is 0 Å². The fourth-order valence-electron chi connectivity index (χ4n) is 1.10. The second kappa shape index (κ2) is 5.96. The maximum Gasteiger partial charge on any atom is 0.290 e. The molecule has 1 N–H and O–H groups in total. The molecule has 0 unspecified atom stereocenters. The van der Waals surface area contributed by atoms with Gasteiger partial charge in [0, 0.05) is 0 Å². The molecular formula is C9H16O2. The van der Waals surface area contributed by atoms with Crippen LogP contribution in [-0.2, 0) is 4.79 Å². The minimum Gasteiger partial charge on any atom is -0.483 e. The van der Waals surface area contributed by atoms with E-state index >= 15 is 0 Å². The molecule has 0 radical (unpaired) electrons. The van der Waals surface area contributed by atoms with E-state index in [1.54, 1.807) is 5.57 Å². The van der Waals surface area contributed by atoms with Crippen LogP contribution in [0.15, 0.2) is 11.6 Å². The predicted octanol–water partition coefficient (Wildman–Crippen LogP) is 2.45. The van der Waals surface area contributed by atoms with E-state index in [0.717, 1.165) is 5.92 Å². The molecule has 0 bridgehead atoms. The average molecular weight is 156 g/mol. The minimum atomic E-state index is -0.250. The Morgan fingerprint density at radius 3 is 2.55 bits per heavy atom. The summed E-state index contributed by atoms with van der Waals surface area (Å²) in [6, 6.07) is 0. The molecule has 0 aromatic heterocycles. The molecule has 0 aromatic carbocycles. The Balaban J connectivity index is 0.000000292. The molecule has 2 nitrogen and oxygen atoms in total. The van der Waals surface area contributed by atoms with Crippen LogP contribution < -0.4 is 0 Å². The van der Waals surface area contributed by atoms with Crippen molar-refractivity contribution in [3.63, 3.8) is 0 Å². The van der Waals surface area contributed by atoms with Gasteiger partial charge in [-0.05, 0) is 32.1 Å². The van der Waals surface area contributed by atoms with E-state index in [0.29, 0.717) is 0 Å². The lowest BCUT2D eigenvalue weighted by molar-refractivity contribution is -0.122. The zero-order valence-corrected chi connectivity index (χ0v) is 7.21. The SMILES string of the molecule is CC1=CC[C@H](C)CC1.O=CO. The molecule has 1 rings (SSSR count). The Morgan fingerprint density at radius 1 is 1.73 bits per heavy atom. The lowest BCUT2D eigenvalue weighted by Gasteiger charge is -2.14. The summed E-state index contributed by atoms with van der Waals surface area (Å²) in [6.07, 6.45) is 6.42. The number of hydrogen-bond acceptors (Lipinski definition) is 1. The first-order valence-corrected chi connectivity index (χ1v) is 3.94. The quantitative estimate of drug-likeness (QED) is 0.432. The van der Waals surface area contributed by atoms with Crippen LogP contribution in [0.2, 0.25) is 0 Å².